The van der Waals surface area contributed by atoms with Crippen LogP contribution in [-0.2, 0) is 4.57 Å². The molecule has 0 amide bonds. The Morgan fingerprint density at radius 1 is 1.00 bits per heavy atom. The maximum absolute atomic E-state index is 11.3. The second kappa shape index (κ2) is 15.7. The fourth-order valence-corrected chi connectivity index (χ4v) is 7.01. The average molecular weight is 581 g/mol. The van der Waals surface area contributed by atoms with Crippen LogP contribution in [0.25, 0.3) is 0 Å². The highest BCUT2D eigenvalue weighted by molar-refractivity contribution is 7.51. The maximum atomic E-state index is 11.3. The summed E-state index contributed by atoms with van der Waals surface area (Å²) < 4.78 is 11.3. The molecule has 4 rings (SSSR count). The summed E-state index contributed by atoms with van der Waals surface area (Å²) in [4.78, 5) is 31.9. The predicted molar refractivity (Wildman–Crippen MR) is 163 cm³/mol. The standard InChI is InChI=1S/C28H53N8O3P/c1-22-21-36(15-14-35(22)16-17-40(37,38)39)27-18-26(29)33-28(34-27)32-20-24-10-8-23(9-11-24)19-30-12-5-13-31-25-6-3-2-4-7-25/h18,22-25,30-31H,2-17,19-21H2,1H3,(H2,37,38,39)(H3,29,32,33,34)/t22-,23?,24?/m0/s1. The van der Waals surface area contributed by atoms with Gasteiger partial charge in [-0.25, -0.2) is 0 Å². The van der Waals surface area contributed by atoms with Crippen LogP contribution in [0.4, 0.5) is 17.6 Å². The summed E-state index contributed by atoms with van der Waals surface area (Å²) in [6.07, 6.45) is 13.0. The molecule has 228 valence electrons. The molecule has 1 aromatic rings. The number of hydrogen-bond acceptors (Lipinski definition) is 9. The van der Waals surface area contributed by atoms with E-state index in [0.29, 0.717) is 24.2 Å². The molecule has 2 saturated carbocycles. The first kappa shape index (κ1) is 31.4. The summed E-state index contributed by atoms with van der Waals surface area (Å²) in [7, 11) is -3.99. The molecule has 1 aromatic heterocycles. The van der Waals surface area contributed by atoms with Crippen molar-refractivity contribution >= 4 is 25.2 Å². The second-order valence-corrected chi connectivity index (χ2v) is 14.1. The van der Waals surface area contributed by atoms with Gasteiger partial charge in [0.1, 0.15) is 11.6 Å². The molecule has 0 bridgehead atoms. The zero-order chi connectivity index (χ0) is 28.4. The van der Waals surface area contributed by atoms with Crippen molar-refractivity contribution in [3.63, 3.8) is 0 Å². The van der Waals surface area contributed by atoms with Gasteiger partial charge in [-0.2, -0.15) is 9.97 Å². The van der Waals surface area contributed by atoms with E-state index in [9.17, 15) is 14.4 Å². The number of nitrogens with zero attached hydrogens (tertiary/aromatic N) is 4. The smallest absolute Gasteiger partial charge is 0.326 e. The van der Waals surface area contributed by atoms with Crippen LogP contribution in [-0.4, -0.2) is 95.3 Å². The van der Waals surface area contributed by atoms with Crippen molar-refractivity contribution in [2.45, 2.75) is 83.2 Å². The van der Waals surface area contributed by atoms with E-state index in [1.807, 2.05) is 6.07 Å². The molecule has 0 unspecified atom stereocenters. The van der Waals surface area contributed by atoms with E-state index in [0.717, 1.165) is 63.6 Å². The summed E-state index contributed by atoms with van der Waals surface area (Å²) in [5, 5.41) is 10.9. The monoisotopic (exact) mass is 580 g/mol. The minimum absolute atomic E-state index is 0.109. The molecular weight excluding hydrogens is 527 g/mol. The minimum Gasteiger partial charge on any atom is -0.383 e. The van der Waals surface area contributed by atoms with E-state index >= 15 is 0 Å². The van der Waals surface area contributed by atoms with Gasteiger partial charge in [0.05, 0.1) is 6.16 Å². The van der Waals surface area contributed by atoms with E-state index in [1.54, 1.807) is 0 Å². The van der Waals surface area contributed by atoms with Crippen LogP contribution < -0.4 is 26.6 Å². The Bertz CT molecular complexity index is 936. The number of anilines is 3. The lowest BCUT2D eigenvalue weighted by atomic mass is 9.82. The molecule has 0 spiro atoms. The molecule has 0 radical (unpaired) electrons. The topological polar surface area (TPSA) is 152 Å². The molecule has 1 aliphatic heterocycles. The largest absolute Gasteiger partial charge is 0.383 e. The van der Waals surface area contributed by atoms with Crippen molar-refractivity contribution in [2.24, 2.45) is 11.8 Å². The average Bonchev–Trinajstić information content (AvgIpc) is 2.93. The highest BCUT2D eigenvalue weighted by Gasteiger charge is 2.27. The van der Waals surface area contributed by atoms with E-state index in [1.165, 1.54) is 64.2 Å². The van der Waals surface area contributed by atoms with Crippen molar-refractivity contribution in [3.8, 4) is 0 Å². The van der Waals surface area contributed by atoms with E-state index in [2.05, 4.69) is 37.7 Å². The van der Waals surface area contributed by atoms with Crippen molar-refractivity contribution in [2.75, 3.05) is 74.5 Å². The van der Waals surface area contributed by atoms with E-state index < -0.39 is 7.60 Å². The Labute approximate surface area is 240 Å². The first-order chi connectivity index (χ1) is 19.2. The Morgan fingerprint density at radius 2 is 1.73 bits per heavy atom. The van der Waals surface area contributed by atoms with Crippen molar-refractivity contribution < 1.29 is 14.4 Å². The van der Waals surface area contributed by atoms with E-state index in [-0.39, 0.29) is 12.2 Å². The first-order valence-electron chi connectivity index (χ1n) is 15.6. The molecule has 12 heteroatoms. The van der Waals surface area contributed by atoms with Gasteiger partial charge >= 0.3 is 7.60 Å². The molecule has 40 heavy (non-hydrogen) atoms. The van der Waals surface area contributed by atoms with Gasteiger partial charge in [-0.15, -0.1) is 0 Å². The third-order valence-electron chi connectivity index (χ3n) is 9.02. The zero-order valence-electron chi connectivity index (χ0n) is 24.4. The summed E-state index contributed by atoms with van der Waals surface area (Å²) in [6.45, 7) is 8.91. The molecule has 11 nitrogen and oxygen atoms in total. The van der Waals surface area contributed by atoms with Crippen LogP contribution >= 0.6 is 7.60 Å². The van der Waals surface area contributed by atoms with Gasteiger partial charge in [0.15, 0.2) is 0 Å². The quantitative estimate of drug-likeness (QED) is 0.142. The number of nitrogens with one attached hydrogen (secondary N) is 3. The molecular formula is C28H53N8O3P. The SMILES string of the molecule is C[C@H]1CN(c2cc(N)nc(NCC3CCC(CNCCCNC4CCCCC4)CC3)n2)CCN1CCP(=O)(O)O. The normalized spacial score (nSPS) is 25.3. The van der Waals surface area contributed by atoms with Crippen LogP contribution in [0, 0.1) is 11.8 Å². The van der Waals surface area contributed by atoms with Crippen LogP contribution in [0.3, 0.4) is 0 Å². The lowest BCUT2D eigenvalue weighted by Crippen LogP contribution is -2.52. The van der Waals surface area contributed by atoms with Crippen molar-refractivity contribution in [3.05, 3.63) is 6.07 Å². The maximum Gasteiger partial charge on any atom is 0.326 e. The number of nitrogens with two attached hydrogens (primary N) is 1. The Balaban J connectivity index is 1.11. The molecule has 3 fully saturated rings. The number of nitrogen functional groups attached to an aromatic ring is 1. The fourth-order valence-electron chi connectivity index (χ4n) is 6.50. The number of piperazine rings is 1. The first-order valence-corrected chi connectivity index (χ1v) is 17.4. The number of rotatable bonds is 14. The highest BCUT2D eigenvalue weighted by Crippen LogP contribution is 2.34. The number of aromatic nitrogens is 2. The second-order valence-electron chi connectivity index (χ2n) is 12.3. The molecule has 3 aliphatic rings. The lowest BCUT2D eigenvalue weighted by Gasteiger charge is -2.40. The van der Waals surface area contributed by atoms with Crippen LogP contribution in [0.15, 0.2) is 6.07 Å². The minimum atomic E-state index is -3.99. The molecule has 2 heterocycles. The number of hydrogen-bond donors (Lipinski definition) is 6. The Hall–Kier alpha value is -1.49. The Morgan fingerprint density at radius 3 is 2.42 bits per heavy atom. The van der Waals surface area contributed by atoms with Gasteiger partial charge < -0.3 is 36.4 Å². The third kappa shape index (κ3) is 10.7. The van der Waals surface area contributed by atoms with Crippen LogP contribution in [0.1, 0.15) is 71.1 Å². The van der Waals surface area contributed by atoms with Crippen LogP contribution in [0.5, 0.6) is 0 Å². The van der Waals surface area contributed by atoms with Gasteiger partial charge in [-0.3, -0.25) is 9.46 Å². The highest BCUT2D eigenvalue weighted by atomic mass is 31.2. The molecule has 0 aromatic carbocycles. The van der Waals surface area contributed by atoms with Gasteiger partial charge in [-0.05, 0) is 83.3 Å². The van der Waals surface area contributed by atoms with Crippen LogP contribution in [0.2, 0.25) is 0 Å². The molecule has 1 saturated heterocycles. The fraction of sp³-hybridized carbons (Fsp3) is 0.857. The van der Waals surface area contributed by atoms with Crippen molar-refractivity contribution in [1.29, 1.82) is 0 Å². The van der Waals surface area contributed by atoms with Gasteiger partial charge in [0, 0.05) is 50.9 Å². The lowest BCUT2D eigenvalue weighted by molar-refractivity contribution is 0.196. The van der Waals surface area contributed by atoms with Gasteiger partial charge in [0.25, 0.3) is 0 Å². The summed E-state index contributed by atoms with van der Waals surface area (Å²) in [6, 6.07) is 2.74. The third-order valence-corrected chi connectivity index (χ3v) is 9.80. The Kier molecular flexibility index (Phi) is 12.3. The van der Waals surface area contributed by atoms with Gasteiger partial charge in [0.2, 0.25) is 5.95 Å². The predicted octanol–water partition coefficient (Wildman–Crippen LogP) is 2.87. The molecule has 1 atom stereocenters. The molecule has 2 aliphatic carbocycles. The van der Waals surface area contributed by atoms with Gasteiger partial charge in [-0.1, -0.05) is 19.3 Å². The van der Waals surface area contributed by atoms with E-state index in [4.69, 9.17) is 10.7 Å². The van der Waals surface area contributed by atoms with Crippen molar-refractivity contribution in [1.82, 2.24) is 25.5 Å². The summed E-state index contributed by atoms with van der Waals surface area (Å²) in [5.74, 6) is 3.24. The zero-order valence-corrected chi connectivity index (χ0v) is 25.3. The summed E-state index contributed by atoms with van der Waals surface area (Å²) >= 11 is 0. The molecule has 7 N–H and O–H groups in total. The summed E-state index contributed by atoms with van der Waals surface area (Å²) in [5.41, 5.74) is 6.14.